The van der Waals surface area contributed by atoms with Crippen LogP contribution < -0.4 is 9.64 Å². The third-order valence-corrected chi connectivity index (χ3v) is 8.02. The van der Waals surface area contributed by atoms with E-state index in [4.69, 9.17) is 14.8 Å². The number of nitrogens with one attached hydrogen (secondary N) is 2. The molecule has 0 amide bonds. The van der Waals surface area contributed by atoms with Crippen molar-refractivity contribution in [1.82, 2.24) is 20.2 Å². The Labute approximate surface area is 244 Å². The molecule has 0 spiro atoms. The standard InChI is InChI=1S/C35H32FN5O/c1-2-25-19-33(42-22-24-11-7-4-8-12-24)29(36)20-28(25)26-13-14-27-31(18-26)39-40-35(27)41-16-15-30-32(21-41)38-34(37-30)17-23-9-5-3-6-10-23/h3-14,18-20H,2,15-17,21-22H2,1H3,(H,37,38)(H,39,40). The largest absolute Gasteiger partial charge is 0.486 e. The van der Waals surface area contributed by atoms with E-state index >= 15 is 4.39 Å². The smallest absolute Gasteiger partial charge is 0.165 e. The van der Waals surface area contributed by atoms with Gasteiger partial charge in [-0.3, -0.25) is 5.10 Å². The van der Waals surface area contributed by atoms with Gasteiger partial charge in [-0.2, -0.15) is 5.10 Å². The Morgan fingerprint density at radius 3 is 2.50 bits per heavy atom. The third kappa shape index (κ3) is 5.14. The molecule has 0 atom stereocenters. The van der Waals surface area contributed by atoms with Gasteiger partial charge in [0.25, 0.3) is 0 Å². The second-order valence-corrected chi connectivity index (χ2v) is 10.8. The first kappa shape index (κ1) is 26.0. The van der Waals surface area contributed by atoms with E-state index in [0.717, 1.165) is 88.5 Å². The first-order valence-electron chi connectivity index (χ1n) is 14.5. The van der Waals surface area contributed by atoms with Gasteiger partial charge in [-0.05, 0) is 58.5 Å². The predicted molar refractivity (Wildman–Crippen MR) is 164 cm³/mol. The highest BCUT2D eigenvalue weighted by atomic mass is 19.1. The Balaban J connectivity index is 1.11. The van der Waals surface area contributed by atoms with Crippen molar-refractivity contribution in [2.24, 2.45) is 0 Å². The maximum atomic E-state index is 15.2. The fraction of sp³-hybridized carbons (Fsp3) is 0.200. The Morgan fingerprint density at radius 2 is 1.71 bits per heavy atom. The molecule has 0 saturated carbocycles. The number of rotatable bonds is 8. The van der Waals surface area contributed by atoms with Gasteiger partial charge in [-0.25, -0.2) is 9.37 Å². The lowest BCUT2D eigenvalue weighted by Crippen LogP contribution is -2.30. The molecule has 0 fully saturated rings. The number of aromatic amines is 2. The Morgan fingerprint density at radius 1 is 0.929 bits per heavy atom. The van der Waals surface area contributed by atoms with Crippen molar-refractivity contribution in [1.29, 1.82) is 0 Å². The number of anilines is 1. The zero-order valence-corrected chi connectivity index (χ0v) is 23.5. The van der Waals surface area contributed by atoms with E-state index in [0.29, 0.717) is 6.61 Å². The van der Waals surface area contributed by atoms with Crippen LogP contribution in [0, 0.1) is 5.82 Å². The number of fused-ring (bicyclic) bond motifs is 2. The van der Waals surface area contributed by atoms with E-state index in [-0.39, 0.29) is 11.6 Å². The molecule has 6 aromatic rings. The first-order valence-corrected chi connectivity index (χ1v) is 14.5. The average molecular weight is 558 g/mol. The van der Waals surface area contributed by atoms with Crippen molar-refractivity contribution in [3.8, 4) is 16.9 Å². The number of aromatic nitrogens is 4. The number of hydrogen-bond donors (Lipinski definition) is 2. The van der Waals surface area contributed by atoms with Gasteiger partial charge in [0.05, 0.1) is 23.4 Å². The van der Waals surface area contributed by atoms with Crippen LogP contribution in [-0.2, 0) is 32.4 Å². The molecule has 0 bridgehead atoms. The van der Waals surface area contributed by atoms with Crippen molar-refractivity contribution in [3.63, 3.8) is 0 Å². The number of halogens is 1. The summed E-state index contributed by atoms with van der Waals surface area (Å²) in [5, 5.41) is 8.97. The highest BCUT2D eigenvalue weighted by molar-refractivity contribution is 5.93. The van der Waals surface area contributed by atoms with Crippen LogP contribution in [-0.4, -0.2) is 26.7 Å². The summed E-state index contributed by atoms with van der Waals surface area (Å²) >= 11 is 0. The molecule has 4 aromatic carbocycles. The highest BCUT2D eigenvalue weighted by Gasteiger charge is 2.24. The summed E-state index contributed by atoms with van der Waals surface area (Å²) in [6, 6.07) is 29.9. The Hall–Kier alpha value is -4.91. The predicted octanol–water partition coefficient (Wildman–Crippen LogP) is 7.39. The van der Waals surface area contributed by atoms with Crippen LogP contribution in [0.25, 0.3) is 22.0 Å². The van der Waals surface area contributed by atoms with Crippen LogP contribution in [0.2, 0.25) is 0 Å². The normalized spacial score (nSPS) is 13.0. The van der Waals surface area contributed by atoms with Crippen molar-refractivity contribution in [3.05, 3.63) is 131 Å². The third-order valence-electron chi connectivity index (χ3n) is 8.02. The average Bonchev–Trinajstić information content (AvgIpc) is 3.64. The van der Waals surface area contributed by atoms with Gasteiger partial charge in [0, 0.05) is 24.8 Å². The first-order chi connectivity index (χ1) is 20.6. The van der Waals surface area contributed by atoms with Crippen molar-refractivity contribution >= 4 is 16.7 Å². The minimum absolute atomic E-state index is 0.277. The summed E-state index contributed by atoms with van der Waals surface area (Å²) in [5.74, 6) is 1.84. The highest BCUT2D eigenvalue weighted by Crippen LogP contribution is 2.35. The quantitative estimate of drug-likeness (QED) is 0.205. The van der Waals surface area contributed by atoms with E-state index < -0.39 is 0 Å². The zero-order valence-electron chi connectivity index (χ0n) is 23.5. The van der Waals surface area contributed by atoms with Crippen LogP contribution in [0.15, 0.2) is 91.0 Å². The van der Waals surface area contributed by atoms with Crippen LogP contribution >= 0.6 is 0 Å². The minimum atomic E-state index is -0.362. The van der Waals surface area contributed by atoms with Gasteiger partial charge < -0.3 is 14.6 Å². The fourth-order valence-electron chi connectivity index (χ4n) is 5.82. The van der Waals surface area contributed by atoms with Gasteiger partial charge in [0.15, 0.2) is 17.4 Å². The van der Waals surface area contributed by atoms with Gasteiger partial charge in [-0.1, -0.05) is 73.7 Å². The van der Waals surface area contributed by atoms with Gasteiger partial charge >= 0.3 is 0 Å². The lowest BCUT2D eigenvalue weighted by Gasteiger charge is -2.26. The number of aryl methyl sites for hydroxylation is 1. The molecule has 2 aromatic heterocycles. The molecular weight excluding hydrogens is 525 g/mol. The number of benzene rings is 4. The molecule has 1 aliphatic rings. The Bertz CT molecular complexity index is 1840. The molecule has 0 unspecified atom stereocenters. The molecule has 7 heteroatoms. The van der Waals surface area contributed by atoms with E-state index in [2.05, 4.69) is 64.4 Å². The lowest BCUT2D eigenvalue weighted by molar-refractivity contribution is 0.290. The maximum absolute atomic E-state index is 15.2. The van der Waals surface area contributed by atoms with Crippen LogP contribution in [0.3, 0.4) is 0 Å². The lowest BCUT2D eigenvalue weighted by atomic mass is 9.96. The summed E-state index contributed by atoms with van der Waals surface area (Å²) in [5.41, 5.74) is 8.32. The molecule has 6 nitrogen and oxygen atoms in total. The fourth-order valence-corrected chi connectivity index (χ4v) is 5.82. The molecule has 42 heavy (non-hydrogen) atoms. The van der Waals surface area contributed by atoms with Crippen LogP contribution in [0.4, 0.5) is 10.2 Å². The topological polar surface area (TPSA) is 69.8 Å². The van der Waals surface area contributed by atoms with E-state index in [1.165, 1.54) is 5.56 Å². The number of H-pyrrole nitrogens is 2. The van der Waals surface area contributed by atoms with Gasteiger partial charge in [0.2, 0.25) is 0 Å². The number of imidazole rings is 1. The number of hydrogen-bond acceptors (Lipinski definition) is 4. The minimum Gasteiger partial charge on any atom is -0.486 e. The molecule has 0 saturated heterocycles. The number of ether oxygens (including phenoxy) is 1. The second-order valence-electron chi connectivity index (χ2n) is 10.8. The maximum Gasteiger partial charge on any atom is 0.165 e. The summed E-state index contributed by atoms with van der Waals surface area (Å²) in [6.45, 7) is 3.98. The van der Waals surface area contributed by atoms with E-state index in [1.54, 1.807) is 6.07 Å². The second kappa shape index (κ2) is 11.2. The monoisotopic (exact) mass is 557 g/mol. The molecule has 1 aliphatic heterocycles. The number of nitrogens with zero attached hydrogens (tertiary/aromatic N) is 3. The van der Waals surface area contributed by atoms with E-state index in [1.807, 2.05) is 42.5 Å². The van der Waals surface area contributed by atoms with Gasteiger partial charge in [-0.15, -0.1) is 0 Å². The molecular formula is C35H32FN5O. The van der Waals surface area contributed by atoms with Crippen molar-refractivity contribution < 1.29 is 9.13 Å². The molecule has 0 aliphatic carbocycles. The van der Waals surface area contributed by atoms with Crippen LogP contribution in [0.5, 0.6) is 5.75 Å². The van der Waals surface area contributed by atoms with Crippen molar-refractivity contribution in [2.75, 3.05) is 11.4 Å². The summed E-state index contributed by atoms with van der Waals surface area (Å²) < 4.78 is 21.1. The SMILES string of the molecule is CCc1cc(OCc2ccccc2)c(F)cc1-c1ccc2c(N3CCc4nc(Cc5ccccc5)[nH]c4C3)n[nH]c2c1. The van der Waals surface area contributed by atoms with Crippen molar-refractivity contribution in [2.45, 2.75) is 39.3 Å². The molecule has 0 radical (unpaired) electrons. The van der Waals surface area contributed by atoms with Gasteiger partial charge in [0.1, 0.15) is 12.4 Å². The van der Waals surface area contributed by atoms with Crippen LogP contribution in [0.1, 0.15) is 40.8 Å². The molecule has 210 valence electrons. The molecule has 3 heterocycles. The Kier molecular flexibility index (Phi) is 6.92. The summed E-state index contributed by atoms with van der Waals surface area (Å²) in [4.78, 5) is 10.7. The summed E-state index contributed by atoms with van der Waals surface area (Å²) in [7, 11) is 0. The molecule has 2 N–H and O–H groups in total. The zero-order chi connectivity index (χ0) is 28.5. The van der Waals surface area contributed by atoms with E-state index in [9.17, 15) is 0 Å². The summed E-state index contributed by atoms with van der Waals surface area (Å²) in [6.07, 6.45) is 2.42. The molecule has 7 rings (SSSR count).